The molecular formula is C20H14BrN3O3S. The first-order valence-electron chi connectivity index (χ1n) is 8.25. The first kappa shape index (κ1) is 18.4. The lowest BCUT2D eigenvalue weighted by Gasteiger charge is -2.03. The minimum Gasteiger partial charge on any atom is -0.497 e. The van der Waals surface area contributed by atoms with Gasteiger partial charge in [0.15, 0.2) is 0 Å². The molecule has 0 aliphatic carbocycles. The number of halogens is 1. The monoisotopic (exact) mass is 455 g/mol. The number of nitrogens with one attached hydrogen (secondary N) is 1. The van der Waals surface area contributed by atoms with Crippen LogP contribution in [0.4, 0.5) is 5.13 Å². The van der Waals surface area contributed by atoms with Crippen LogP contribution in [-0.4, -0.2) is 18.3 Å². The Morgan fingerprint density at radius 2 is 2.04 bits per heavy atom. The summed E-state index contributed by atoms with van der Waals surface area (Å²) in [5.74, 6) is 0.696. The van der Waals surface area contributed by atoms with E-state index in [1.54, 1.807) is 37.7 Å². The van der Waals surface area contributed by atoms with Crippen LogP contribution in [0.15, 0.2) is 73.5 Å². The molecule has 2 aromatic heterocycles. The summed E-state index contributed by atoms with van der Waals surface area (Å²) in [6.07, 6.45) is 3.32. The standard InChI is InChI=1S/C20H14BrN3O3S/c1-26-15-6-7-17-13(8-15)9-16(19(25)27-17)18-11-22-20(28-18)24-23-10-12-2-4-14(21)5-3-12/h2-11H,1H3,(H,22,24). The van der Waals surface area contributed by atoms with Crippen LogP contribution >= 0.6 is 27.3 Å². The van der Waals surface area contributed by atoms with Crippen LogP contribution in [0.2, 0.25) is 0 Å². The van der Waals surface area contributed by atoms with E-state index in [1.165, 1.54) is 11.3 Å². The zero-order valence-corrected chi connectivity index (χ0v) is 17.1. The van der Waals surface area contributed by atoms with Crippen LogP contribution in [0.1, 0.15) is 5.56 Å². The Kier molecular flexibility index (Phi) is 5.23. The Hall–Kier alpha value is -2.97. The summed E-state index contributed by atoms with van der Waals surface area (Å²) in [4.78, 5) is 17.3. The first-order chi connectivity index (χ1) is 13.6. The number of fused-ring (bicyclic) bond motifs is 1. The van der Waals surface area contributed by atoms with E-state index in [0.717, 1.165) is 15.4 Å². The number of methoxy groups -OCH3 is 1. The summed E-state index contributed by atoms with van der Waals surface area (Å²) < 4.78 is 11.7. The minimum absolute atomic E-state index is 0.411. The molecule has 0 unspecified atom stereocenters. The predicted molar refractivity (Wildman–Crippen MR) is 116 cm³/mol. The molecule has 28 heavy (non-hydrogen) atoms. The van der Waals surface area contributed by atoms with Crippen molar-refractivity contribution >= 4 is 49.6 Å². The molecule has 140 valence electrons. The molecule has 0 aliphatic heterocycles. The molecule has 1 N–H and O–H groups in total. The highest BCUT2D eigenvalue weighted by Crippen LogP contribution is 2.29. The van der Waals surface area contributed by atoms with Crippen LogP contribution in [0.3, 0.4) is 0 Å². The molecule has 6 nitrogen and oxygen atoms in total. The number of hydrogen-bond acceptors (Lipinski definition) is 7. The van der Waals surface area contributed by atoms with Gasteiger partial charge in [0.1, 0.15) is 11.3 Å². The van der Waals surface area contributed by atoms with E-state index in [4.69, 9.17) is 9.15 Å². The van der Waals surface area contributed by atoms with Crippen molar-refractivity contribution in [2.75, 3.05) is 12.5 Å². The van der Waals surface area contributed by atoms with Gasteiger partial charge in [-0.05, 0) is 42.0 Å². The highest BCUT2D eigenvalue weighted by molar-refractivity contribution is 9.10. The number of aromatic nitrogens is 1. The summed E-state index contributed by atoms with van der Waals surface area (Å²) >= 11 is 4.72. The third-order valence-electron chi connectivity index (χ3n) is 3.95. The van der Waals surface area contributed by atoms with Crippen molar-refractivity contribution in [2.45, 2.75) is 0 Å². The van der Waals surface area contributed by atoms with Gasteiger partial charge in [-0.2, -0.15) is 5.10 Å². The van der Waals surface area contributed by atoms with Gasteiger partial charge in [0.25, 0.3) is 0 Å². The Morgan fingerprint density at radius 1 is 1.21 bits per heavy atom. The van der Waals surface area contributed by atoms with E-state index in [0.29, 0.717) is 26.9 Å². The largest absolute Gasteiger partial charge is 0.497 e. The maximum absolute atomic E-state index is 12.4. The van der Waals surface area contributed by atoms with E-state index in [1.807, 2.05) is 30.3 Å². The molecule has 0 bridgehead atoms. The second-order valence-corrected chi connectivity index (χ2v) is 7.75. The van der Waals surface area contributed by atoms with E-state index in [9.17, 15) is 4.79 Å². The molecule has 0 atom stereocenters. The Balaban J connectivity index is 1.57. The molecule has 4 rings (SSSR count). The van der Waals surface area contributed by atoms with Crippen molar-refractivity contribution in [1.29, 1.82) is 0 Å². The fourth-order valence-corrected chi connectivity index (χ4v) is 3.60. The Bertz CT molecular complexity index is 1220. The number of hydrazone groups is 1. The number of anilines is 1. The number of ether oxygens (including phenoxy) is 1. The molecule has 0 spiro atoms. The summed E-state index contributed by atoms with van der Waals surface area (Å²) in [6, 6.07) is 14.8. The van der Waals surface area contributed by atoms with Crippen molar-refractivity contribution in [3.63, 3.8) is 0 Å². The van der Waals surface area contributed by atoms with Crippen molar-refractivity contribution in [3.8, 4) is 16.2 Å². The van der Waals surface area contributed by atoms with E-state index < -0.39 is 5.63 Å². The van der Waals surface area contributed by atoms with Crippen LogP contribution in [0, 0.1) is 0 Å². The third-order valence-corrected chi connectivity index (χ3v) is 5.42. The molecule has 8 heteroatoms. The minimum atomic E-state index is -0.411. The molecule has 0 amide bonds. The molecule has 0 fully saturated rings. The van der Waals surface area contributed by atoms with Gasteiger partial charge in [-0.1, -0.05) is 39.4 Å². The normalized spacial score (nSPS) is 11.2. The van der Waals surface area contributed by atoms with Gasteiger partial charge < -0.3 is 9.15 Å². The molecule has 2 aromatic carbocycles. The molecule has 4 aromatic rings. The van der Waals surface area contributed by atoms with Gasteiger partial charge >= 0.3 is 5.63 Å². The van der Waals surface area contributed by atoms with Gasteiger partial charge in [0.2, 0.25) is 5.13 Å². The average Bonchev–Trinajstić information content (AvgIpc) is 3.17. The Morgan fingerprint density at radius 3 is 2.82 bits per heavy atom. The maximum Gasteiger partial charge on any atom is 0.345 e. The molecule has 0 saturated heterocycles. The first-order valence-corrected chi connectivity index (χ1v) is 9.86. The van der Waals surface area contributed by atoms with Gasteiger partial charge in [-0.25, -0.2) is 9.78 Å². The predicted octanol–water partition coefficient (Wildman–Crippen LogP) is 5.13. The fraction of sp³-hybridized carbons (Fsp3) is 0.0500. The molecule has 2 heterocycles. The van der Waals surface area contributed by atoms with Crippen LogP contribution in [0.5, 0.6) is 5.75 Å². The van der Waals surface area contributed by atoms with Crippen molar-refractivity contribution in [1.82, 2.24) is 4.98 Å². The lowest BCUT2D eigenvalue weighted by Crippen LogP contribution is -2.01. The summed E-state index contributed by atoms with van der Waals surface area (Å²) in [6.45, 7) is 0. The van der Waals surface area contributed by atoms with Gasteiger partial charge in [-0.15, -0.1) is 0 Å². The average molecular weight is 456 g/mol. The smallest absolute Gasteiger partial charge is 0.345 e. The quantitative estimate of drug-likeness (QED) is 0.256. The highest BCUT2D eigenvalue weighted by atomic mass is 79.9. The van der Waals surface area contributed by atoms with Crippen LogP contribution in [-0.2, 0) is 0 Å². The van der Waals surface area contributed by atoms with E-state index >= 15 is 0 Å². The van der Waals surface area contributed by atoms with Crippen molar-refractivity contribution < 1.29 is 9.15 Å². The molecule has 0 radical (unpaired) electrons. The molecule has 0 saturated carbocycles. The van der Waals surface area contributed by atoms with E-state index in [-0.39, 0.29) is 0 Å². The van der Waals surface area contributed by atoms with Gasteiger partial charge in [0, 0.05) is 16.1 Å². The molecular weight excluding hydrogens is 442 g/mol. The zero-order chi connectivity index (χ0) is 19.5. The van der Waals surface area contributed by atoms with Gasteiger partial charge in [-0.3, -0.25) is 5.43 Å². The van der Waals surface area contributed by atoms with Crippen molar-refractivity contribution in [3.05, 3.63) is 75.2 Å². The zero-order valence-electron chi connectivity index (χ0n) is 14.7. The SMILES string of the molecule is COc1ccc2oc(=O)c(-c3cnc(NN=Cc4ccc(Br)cc4)s3)cc2c1. The number of hydrogen-bond donors (Lipinski definition) is 1. The van der Waals surface area contributed by atoms with Crippen molar-refractivity contribution in [2.24, 2.45) is 5.10 Å². The van der Waals surface area contributed by atoms with Gasteiger partial charge in [0.05, 0.1) is 23.8 Å². The van der Waals surface area contributed by atoms with Crippen LogP contribution < -0.4 is 15.8 Å². The van der Waals surface area contributed by atoms with E-state index in [2.05, 4.69) is 31.4 Å². The number of nitrogens with zero attached hydrogens (tertiary/aromatic N) is 2. The summed E-state index contributed by atoms with van der Waals surface area (Å²) in [5.41, 5.74) is 4.39. The third kappa shape index (κ3) is 3.97. The second-order valence-electron chi connectivity index (χ2n) is 5.80. The Labute approximate surface area is 172 Å². The summed E-state index contributed by atoms with van der Waals surface area (Å²) in [7, 11) is 1.59. The fourth-order valence-electron chi connectivity index (χ4n) is 2.56. The highest BCUT2D eigenvalue weighted by Gasteiger charge is 2.12. The lowest BCUT2D eigenvalue weighted by atomic mass is 10.1. The lowest BCUT2D eigenvalue weighted by molar-refractivity contribution is 0.415. The second kappa shape index (κ2) is 7.95. The number of benzene rings is 2. The number of rotatable bonds is 5. The topological polar surface area (TPSA) is 76.7 Å². The summed E-state index contributed by atoms with van der Waals surface area (Å²) in [5, 5.41) is 5.54. The molecule has 0 aliphatic rings. The number of thiazole rings is 1. The van der Waals surface area contributed by atoms with Crippen LogP contribution in [0.25, 0.3) is 21.4 Å². The maximum atomic E-state index is 12.4.